The second-order valence-corrected chi connectivity index (χ2v) is 3.72. The Kier molecular flexibility index (Phi) is 2.46. The van der Waals surface area contributed by atoms with Crippen molar-refractivity contribution in [3.05, 3.63) is 12.0 Å². The van der Waals surface area contributed by atoms with E-state index in [2.05, 4.69) is 6.58 Å². The van der Waals surface area contributed by atoms with Crippen molar-refractivity contribution in [2.24, 2.45) is 0 Å². The highest BCUT2D eigenvalue weighted by molar-refractivity contribution is 7.92. The van der Waals surface area contributed by atoms with Gasteiger partial charge in [-0.25, -0.2) is 8.42 Å². The molecular formula is C3H6ClNO2S. The Bertz CT molecular complexity index is 172. The zero-order valence-corrected chi connectivity index (χ0v) is 5.91. The first-order valence-electron chi connectivity index (χ1n) is 1.78. The Morgan fingerprint density at radius 2 is 2.12 bits per heavy atom. The summed E-state index contributed by atoms with van der Waals surface area (Å²) in [5.74, 6) is 0. The van der Waals surface area contributed by atoms with Gasteiger partial charge in [0.15, 0.2) is 0 Å². The highest BCUT2D eigenvalue weighted by Gasteiger charge is 2.07. The minimum atomic E-state index is -3.37. The molecule has 0 aliphatic rings. The third kappa shape index (κ3) is 1.81. The first kappa shape index (κ1) is 7.94. The molecule has 48 valence electrons. The van der Waals surface area contributed by atoms with Gasteiger partial charge in [0.2, 0.25) is 10.0 Å². The van der Waals surface area contributed by atoms with Crippen molar-refractivity contribution in [2.75, 3.05) is 7.05 Å². The molecule has 0 aromatic heterocycles. The molecule has 0 saturated heterocycles. The standard InChI is InChI=1S/C3H6ClNO2S/c1-3-8(6,7)5(2)4/h3H,1H2,2H3. The van der Waals surface area contributed by atoms with E-state index < -0.39 is 10.0 Å². The summed E-state index contributed by atoms with van der Waals surface area (Å²) in [6.07, 6.45) is 0. The summed E-state index contributed by atoms with van der Waals surface area (Å²) in [6, 6.07) is 0. The van der Waals surface area contributed by atoms with Crippen LogP contribution in [0.15, 0.2) is 12.0 Å². The molecule has 8 heavy (non-hydrogen) atoms. The molecule has 0 radical (unpaired) electrons. The topological polar surface area (TPSA) is 37.4 Å². The fourth-order valence-corrected chi connectivity index (χ4v) is 0.477. The van der Waals surface area contributed by atoms with Crippen LogP contribution < -0.4 is 0 Å². The van der Waals surface area contributed by atoms with Gasteiger partial charge in [-0.3, -0.25) is 0 Å². The van der Waals surface area contributed by atoms with E-state index >= 15 is 0 Å². The SMILES string of the molecule is C=CS(=O)(=O)N(C)Cl. The maximum atomic E-state index is 10.4. The highest BCUT2D eigenvalue weighted by atomic mass is 35.5. The Morgan fingerprint density at radius 1 is 1.75 bits per heavy atom. The second kappa shape index (κ2) is 2.48. The van der Waals surface area contributed by atoms with Gasteiger partial charge in [-0.2, -0.15) is 0 Å². The van der Waals surface area contributed by atoms with Gasteiger partial charge >= 0.3 is 0 Å². The Morgan fingerprint density at radius 3 is 2.12 bits per heavy atom. The molecule has 0 saturated carbocycles. The maximum Gasteiger partial charge on any atom is 0.248 e. The monoisotopic (exact) mass is 155 g/mol. The molecule has 5 heteroatoms. The molecule has 0 rings (SSSR count). The summed E-state index contributed by atoms with van der Waals surface area (Å²) in [5, 5.41) is 0.778. The van der Waals surface area contributed by atoms with E-state index in [1.165, 1.54) is 7.05 Å². The minimum absolute atomic E-state index is 0.569. The van der Waals surface area contributed by atoms with Crippen molar-refractivity contribution < 1.29 is 8.42 Å². The van der Waals surface area contributed by atoms with E-state index in [1.807, 2.05) is 0 Å². The second-order valence-electron chi connectivity index (χ2n) is 1.10. The Balaban J connectivity index is 4.40. The molecule has 0 fully saturated rings. The van der Waals surface area contributed by atoms with E-state index in [1.54, 1.807) is 0 Å². The van der Waals surface area contributed by atoms with Crippen LogP contribution in [0, 0.1) is 0 Å². The average Bonchev–Trinajstić information content (AvgIpc) is 1.67. The third-order valence-corrected chi connectivity index (χ3v) is 2.26. The molecule has 0 heterocycles. The van der Waals surface area contributed by atoms with Crippen LogP contribution in [0.5, 0.6) is 0 Å². The van der Waals surface area contributed by atoms with Gasteiger partial charge in [-0.05, 0) is 11.8 Å². The summed E-state index contributed by atoms with van der Waals surface area (Å²) in [6.45, 7) is 3.04. The van der Waals surface area contributed by atoms with Gasteiger partial charge in [-0.15, -0.1) is 3.82 Å². The zero-order valence-electron chi connectivity index (χ0n) is 4.33. The van der Waals surface area contributed by atoms with Gasteiger partial charge in [0, 0.05) is 12.5 Å². The van der Waals surface area contributed by atoms with Gasteiger partial charge in [0.1, 0.15) is 0 Å². The number of halogens is 1. The zero-order chi connectivity index (χ0) is 6.78. The molecule has 0 unspecified atom stereocenters. The summed E-state index contributed by atoms with van der Waals surface area (Å²) < 4.78 is 21.3. The molecule has 0 aliphatic carbocycles. The lowest BCUT2D eigenvalue weighted by Crippen LogP contribution is -2.12. The molecule has 0 aliphatic heterocycles. The first-order valence-corrected chi connectivity index (χ1v) is 3.62. The van der Waals surface area contributed by atoms with Gasteiger partial charge in [0.05, 0.1) is 0 Å². The number of hydrogen-bond donors (Lipinski definition) is 0. The van der Waals surface area contributed by atoms with Crippen molar-refractivity contribution >= 4 is 21.8 Å². The largest absolute Gasteiger partial charge is 0.248 e. The van der Waals surface area contributed by atoms with Crippen LogP contribution in [0.3, 0.4) is 0 Å². The van der Waals surface area contributed by atoms with E-state index in [4.69, 9.17) is 11.8 Å². The van der Waals surface area contributed by atoms with Crippen molar-refractivity contribution in [3.8, 4) is 0 Å². The molecule has 0 aromatic carbocycles. The van der Waals surface area contributed by atoms with Crippen molar-refractivity contribution in [3.63, 3.8) is 0 Å². The predicted molar refractivity (Wildman–Crippen MR) is 32.7 cm³/mol. The molecule has 0 aromatic rings. The van der Waals surface area contributed by atoms with E-state index in [9.17, 15) is 8.42 Å². The number of rotatable bonds is 2. The van der Waals surface area contributed by atoms with Crippen molar-refractivity contribution in [1.29, 1.82) is 0 Å². The average molecular weight is 156 g/mol. The molecule has 3 nitrogen and oxygen atoms in total. The van der Waals surface area contributed by atoms with Crippen molar-refractivity contribution in [1.82, 2.24) is 3.82 Å². The van der Waals surface area contributed by atoms with Crippen LogP contribution in [0.25, 0.3) is 0 Å². The lowest BCUT2D eigenvalue weighted by atomic mass is 11.3. The van der Waals surface area contributed by atoms with Crippen LogP contribution >= 0.6 is 11.8 Å². The van der Waals surface area contributed by atoms with Gasteiger partial charge in [-0.1, -0.05) is 6.58 Å². The summed E-state index contributed by atoms with van der Waals surface area (Å²) in [5.41, 5.74) is 0. The smallest absolute Gasteiger partial charge is 0.206 e. The molecule has 0 atom stereocenters. The lowest BCUT2D eigenvalue weighted by Gasteiger charge is -2.00. The summed E-state index contributed by atoms with van der Waals surface area (Å²) in [7, 11) is -2.15. The van der Waals surface area contributed by atoms with Crippen LogP contribution in [0.2, 0.25) is 0 Å². The van der Waals surface area contributed by atoms with E-state index in [0.717, 1.165) is 5.41 Å². The molecule has 0 N–H and O–H groups in total. The normalized spacial score (nSPS) is 11.9. The van der Waals surface area contributed by atoms with Crippen LogP contribution in [-0.4, -0.2) is 19.3 Å². The van der Waals surface area contributed by atoms with Gasteiger partial charge in [0.25, 0.3) is 0 Å². The fourth-order valence-electron chi connectivity index (χ4n) is 0.103. The maximum absolute atomic E-state index is 10.4. The van der Waals surface area contributed by atoms with Gasteiger partial charge < -0.3 is 0 Å². The number of hydrogen-bond acceptors (Lipinski definition) is 2. The highest BCUT2D eigenvalue weighted by Crippen LogP contribution is 1.99. The molecule has 0 spiro atoms. The Hall–Kier alpha value is -0.0600. The number of sulfonamides is 1. The third-order valence-electron chi connectivity index (χ3n) is 0.561. The van der Waals surface area contributed by atoms with Crippen molar-refractivity contribution in [2.45, 2.75) is 0 Å². The van der Waals surface area contributed by atoms with E-state index in [-0.39, 0.29) is 0 Å². The summed E-state index contributed by atoms with van der Waals surface area (Å²) >= 11 is 5.04. The minimum Gasteiger partial charge on any atom is -0.206 e. The fraction of sp³-hybridized carbons (Fsp3) is 0.333. The van der Waals surface area contributed by atoms with E-state index in [0.29, 0.717) is 3.82 Å². The molecule has 0 amide bonds. The van der Waals surface area contributed by atoms with Crippen LogP contribution in [-0.2, 0) is 10.0 Å². The number of nitrogens with zero attached hydrogens (tertiary/aromatic N) is 1. The van der Waals surface area contributed by atoms with Crippen LogP contribution in [0.4, 0.5) is 0 Å². The first-order chi connectivity index (χ1) is 3.50. The predicted octanol–water partition coefficient (Wildman–Crippen LogP) is 0.545. The summed E-state index contributed by atoms with van der Waals surface area (Å²) in [4.78, 5) is 0. The quantitative estimate of drug-likeness (QED) is 0.546. The van der Waals surface area contributed by atoms with Crippen LogP contribution in [0.1, 0.15) is 0 Å². The lowest BCUT2D eigenvalue weighted by molar-refractivity contribution is 0.572. The Labute approximate surface area is 53.7 Å². The molecular weight excluding hydrogens is 150 g/mol. The molecule has 0 bridgehead atoms.